The molecule has 0 aliphatic heterocycles. The fraction of sp³-hybridized carbons (Fsp3) is 1.00. The molecule has 0 radical (unpaired) electrons. The summed E-state index contributed by atoms with van der Waals surface area (Å²) in [7, 11) is -3.12. The molecule has 78 valence electrons. The Morgan fingerprint density at radius 2 is 1.92 bits per heavy atom. The molecule has 0 spiro atoms. The van der Waals surface area contributed by atoms with Crippen molar-refractivity contribution in [1.29, 1.82) is 0 Å². The summed E-state index contributed by atoms with van der Waals surface area (Å²) in [6.45, 7) is 5.38. The van der Waals surface area contributed by atoms with Gasteiger partial charge in [0.2, 0.25) is 10.0 Å². The second-order valence-electron chi connectivity index (χ2n) is 4.18. The van der Waals surface area contributed by atoms with Crippen molar-refractivity contribution >= 4 is 21.6 Å². The minimum Gasteiger partial charge on any atom is -0.212 e. The van der Waals surface area contributed by atoms with Gasteiger partial charge in [-0.3, -0.25) is 0 Å². The molecular formula is C8H16ClNO2S. The van der Waals surface area contributed by atoms with Crippen LogP contribution in [0.5, 0.6) is 0 Å². The number of halogens is 1. The van der Waals surface area contributed by atoms with Crippen LogP contribution in [-0.2, 0) is 10.0 Å². The Balaban J connectivity index is 2.66. The Morgan fingerprint density at radius 1 is 1.46 bits per heavy atom. The van der Waals surface area contributed by atoms with Crippen LogP contribution in [0, 0.1) is 0 Å². The average molecular weight is 226 g/mol. The van der Waals surface area contributed by atoms with Gasteiger partial charge in [-0.25, -0.2) is 13.1 Å². The first-order chi connectivity index (χ1) is 5.76. The minimum atomic E-state index is -3.12. The van der Waals surface area contributed by atoms with E-state index in [2.05, 4.69) is 4.72 Å². The predicted molar refractivity (Wildman–Crippen MR) is 54.5 cm³/mol. The van der Waals surface area contributed by atoms with Crippen LogP contribution >= 0.6 is 11.6 Å². The van der Waals surface area contributed by atoms with Gasteiger partial charge in [0.15, 0.2) is 0 Å². The molecule has 1 N–H and O–H groups in total. The summed E-state index contributed by atoms with van der Waals surface area (Å²) in [4.78, 5) is 0. The molecule has 0 heterocycles. The third-order valence-electron chi connectivity index (χ3n) is 2.36. The van der Waals surface area contributed by atoms with Crippen molar-refractivity contribution in [3.8, 4) is 0 Å². The van der Waals surface area contributed by atoms with Crippen LogP contribution in [0.15, 0.2) is 0 Å². The first kappa shape index (κ1) is 11.3. The topological polar surface area (TPSA) is 46.2 Å². The maximum absolute atomic E-state index is 11.5. The van der Waals surface area contributed by atoms with E-state index in [1.165, 1.54) is 0 Å². The number of rotatable bonds is 4. The summed E-state index contributed by atoms with van der Waals surface area (Å²) in [6.07, 6.45) is 1.56. The highest BCUT2D eigenvalue weighted by molar-refractivity contribution is 7.90. The SMILES string of the molecule is CC(Cl)C(C)(C)NS(=O)(=O)C1CC1. The highest BCUT2D eigenvalue weighted by atomic mass is 35.5. The molecule has 3 nitrogen and oxygen atoms in total. The molecule has 0 aromatic heterocycles. The highest BCUT2D eigenvalue weighted by Gasteiger charge is 2.40. The van der Waals surface area contributed by atoms with Crippen molar-refractivity contribution < 1.29 is 8.42 Å². The molecule has 0 aromatic carbocycles. The Kier molecular flexibility index (Phi) is 2.95. The Labute approximate surface area is 84.9 Å². The zero-order valence-corrected chi connectivity index (χ0v) is 9.74. The summed E-state index contributed by atoms with van der Waals surface area (Å²) in [5.41, 5.74) is -0.566. The molecule has 0 amide bonds. The molecule has 1 aliphatic rings. The molecule has 1 unspecified atom stereocenters. The van der Waals surface area contributed by atoms with E-state index >= 15 is 0 Å². The van der Waals surface area contributed by atoms with Gasteiger partial charge in [-0.1, -0.05) is 0 Å². The second-order valence-corrected chi connectivity index (χ2v) is 6.80. The van der Waals surface area contributed by atoms with Crippen LogP contribution < -0.4 is 4.72 Å². The van der Waals surface area contributed by atoms with E-state index in [4.69, 9.17) is 11.6 Å². The van der Waals surface area contributed by atoms with E-state index in [0.717, 1.165) is 12.8 Å². The first-order valence-corrected chi connectivity index (χ1v) is 6.41. The van der Waals surface area contributed by atoms with Crippen LogP contribution in [0.3, 0.4) is 0 Å². The molecule has 0 bridgehead atoms. The molecule has 0 aromatic rings. The Morgan fingerprint density at radius 3 is 2.23 bits per heavy atom. The lowest BCUT2D eigenvalue weighted by Gasteiger charge is -2.28. The van der Waals surface area contributed by atoms with Crippen LogP contribution in [0.4, 0.5) is 0 Å². The van der Waals surface area contributed by atoms with Gasteiger partial charge < -0.3 is 0 Å². The van der Waals surface area contributed by atoms with Crippen molar-refractivity contribution in [2.45, 2.75) is 49.8 Å². The average Bonchev–Trinajstić information content (AvgIpc) is 2.63. The molecule has 5 heteroatoms. The number of sulfonamides is 1. The molecular weight excluding hydrogens is 210 g/mol. The van der Waals surface area contributed by atoms with Gasteiger partial charge in [-0.2, -0.15) is 0 Å². The third kappa shape index (κ3) is 2.82. The number of alkyl halides is 1. The van der Waals surface area contributed by atoms with Crippen LogP contribution in [-0.4, -0.2) is 24.6 Å². The Hall–Kier alpha value is 0.200. The fourth-order valence-corrected chi connectivity index (χ4v) is 2.86. The zero-order valence-electron chi connectivity index (χ0n) is 8.17. The molecule has 1 rings (SSSR count). The first-order valence-electron chi connectivity index (χ1n) is 4.42. The lowest BCUT2D eigenvalue weighted by molar-refractivity contribution is 0.445. The smallest absolute Gasteiger partial charge is 0.212 e. The van der Waals surface area contributed by atoms with Gasteiger partial charge >= 0.3 is 0 Å². The van der Waals surface area contributed by atoms with Crippen molar-refractivity contribution in [3.05, 3.63) is 0 Å². The van der Waals surface area contributed by atoms with Crippen molar-refractivity contribution in [3.63, 3.8) is 0 Å². The minimum absolute atomic E-state index is 0.179. The molecule has 1 fully saturated rings. The Bertz CT molecular complexity index is 281. The summed E-state index contributed by atoms with van der Waals surface area (Å²) in [6, 6.07) is 0. The van der Waals surface area contributed by atoms with Gasteiger partial charge in [-0.05, 0) is 33.6 Å². The summed E-state index contributed by atoms with van der Waals surface area (Å²) < 4.78 is 25.7. The zero-order chi connectivity index (χ0) is 10.3. The van der Waals surface area contributed by atoms with E-state index in [0.29, 0.717) is 0 Å². The van der Waals surface area contributed by atoms with Gasteiger partial charge in [0.1, 0.15) is 0 Å². The lowest BCUT2D eigenvalue weighted by atomic mass is 10.0. The van der Waals surface area contributed by atoms with Crippen LogP contribution in [0.1, 0.15) is 33.6 Å². The number of nitrogens with one attached hydrogen (secondary N) is 1. The maximum atomic E-state index is 11.5. The molecule has 1 aliphatic carbocycles. The number of hydrogen-bond acceptors (Lipinski definition) is 2. The standard InChI is InChI=1S/C8H16ClNO2S/c1-6(9)8(2,3)10-13(11,12)7-4-5-7/h6-7,10H,4-5H2,1-3H3. The second kappa shape index (κ2) is 3.41. The normalized spacial score (nSPS) is 21.5. The van der Waals surface area contributed by atoms with Gasteiger partial charge in [0.05, 0.1) is 5.25 Å². The van der Waals surface area contributed by atoms with Gasteiger partial charge in [0.25, 0.3) is 0 Å². The number of hydrogen-bond donors (Lipinski definition) is 1. The lowest BCUT2D eigenvalue weighted by Crippen LogP contribution is -2.49. The molecule has 13 heavy (non-hydrogen) atoms. The molecule has 1 saturated carbocycles. The van der Waals surface area contributed by atoms with E-state index in [9.17, 15) is 8.42 Å². The summed E-state index contributed by atoms with van der Waals surface area (Å²) >= 11 is 5.87. The predicted octanol–water partition coefficient (Wildman–Crippen LogP) is 1.47. The van der Waals surface area contributed by atoms with Crippen molar-refractivity contribution in [2.24, 2.45) is 0 Å². The molecule has 1 atom stereocenters. The van der Waals surface area contributed by atoms with E-state index < -0.39 is 15.6 Å². The van der Waals surface area contributed by atoms with Crippen molar-refractivity contribution in [1.82, 2.24) is 4.72 Å². The fourth-order valence-electron chi connectivity index (χ4n) is 0.910. The van der Waals surface area contributed by atoms with E-state index in [1.807, 2.05) is 0 Å². The van der Waals surface area contributed by atoms with Crippen LogP contribution in [0.2, 0.25) is 0 Å². The summed E-state index contributed by atoms with van der Waals surface area (Å²) in [5.74, 6) is 0. The van der Waals surface area contributed by atoms with E-state index in [-0.39, 0.29) is 10.6 Å². The summed E-state index contributed by atoms with van der Waals surface area (Å²) in [5, 5.41) is -0.400. The quantitative estimate of drug-likeness (QED) is 0.737. The van der Waals surface area contributed by atoms with Crippen molar-refractivity contribution in [2.75, 3.05) is 0 Å². The molecule has 0 saturated heterocycles. The largest absolute Gasteiger partial charge is 0.215 e. The third-order valence-corrected chi connectivity index (χ3v) is 5.07. The maximum Gasteiger partial charge on any atom is 0.215 e. The highest BCUT2D eigenvalue weighted by Crippen LogP contribution is 2.29. The van der Waals surface area contributed by atoms with Gasteiger partial charge in [-0.15, -0.1) is 11.6 Å². The van der Waals surface area contributed by atoms with Crippen LogP contribution in [0.25, 0.3) is 0 Å². The van der Waals surface area contributed by atoms with E-state index in [1.54, 1.807) is 20.8 Å². The van der Waals surface area contributed by atoms with Gasteiger partial charge in [0, 0.05) is 10.9 Å². The monoisotopic (exact) mass is 225 g/mol.